The van der Waals surface area contributed by atoms with Crippen LogP contribution >= 0.6 is 0 Å². The van der Waals surface area contributed by atoms with Gasteiger partial charge in [-0.05, 0) is 24.6 Å². The van der Waals surface area contributed by atoms with Gasteiger partial charge in [0.15, 0.2) is 0 Å². The molecule has 0 spiro atoms. The number of nitrogens with zero attached hydrogens (tertiary/aromatic N) is 3. The number of hydrogen-bond donors (Lipinski definition) is 0. The fourth-order valence-electron chi connectivity index (χ4n) is 1.38. The van der Waals surface area contributed by atoms with Crippen molar-refractivity contribution in [3.63, 3.8) is 0 Å². The average molecular weight is 261 g/mol. The van der Waals surface area contributed by atoms with Gasteiger partial charge >= 0.3 is 6.09 Å². The molecule has 0 radical (unpaired) electrons. The molecule has 0 aromatic heterocycles. The predicted molar refractivity (Wildman–Crippen MR) is 69.7 cm³/mol. The van der Waals surface area contributed by atoms with Crippen LogP contribution in [0.4, 0.5) is 4.79 Å². The summed E-state index contributed by atoms with van der Waals surface area (Å²) in [5, 5.41) is 8.42. The second-order valence-electron chi connectivity index (χ2n) is 3.52. The number of amides is 1. The molecule has 0 bridgehead atoms. The lowest BCUT2D eigenvalue weighted by Gasteiger charge is -2.16. The van der Waals surface area contributed by atoms with E-state index in [0.29, 0.717) is 0 Å². The van der Waals surface area contributed by atoms with Crippen LogP contribution in [-0.2, 0) is 11.3 Å². The second-order valence-corrected chi connectivity index (χ2v) is 3.52. The first-order valence-corrected chi connectivity index (χ1v) is 5.69. The van der Waals surface area contributed by atoms with Crippen LogP contribution in [0.3, 0.4) is 0 Å². The zero-order valence-electron chi connectivity index (χ0n) is 10.9. The summed E-state index contributed by atoms with van der Waals surface area (Å²) in [6.07, 6.45) is 2.21. The molecule has 0 aliphatic carbocycles. The Hall–Kier alpha value is -2.55. The highest BCUT2D eigenvalue weighted by atomic mass is 16.6. The van der Waals surface area contributed by atoms with E-state index in [1.807, 2.05) is 12.1 Å². The smallest absolute Gasteiger partial charge is 0.415 e. The van der Waals surface area contributed by atoms with E-state index in [2.05, 4.69) is 4.99 Å². The van der Waals surface area contributed by atoms with Crippen molar-refractivity contribution in [3.8, 4) is 11.9 Å². The van der Waals surface area contributed by atoms with Crippen molar-refractivity contribution in [1.29, 1.82) is 5.26 Å². The molecule has 19 heavy (non-hydrogen) atoms. The van der Waals surface area contributed by atoms with Gasteiger partial charge in [-0.15, -0.1) is 0 Å². The lowest BCUT2D eigenvalue weighted by molar-refractivity contribution is 0.127. The van der Waals surface area contributed by atoms with Gasteiger partial charge in [-0.2, -0.15) is 10.3 Å². The summed E-state index contributed by atoms with van der Waals surface area (Å²) in [6.45, 7) is 2.25. The van der Waals surface area contributed by atoms with Crippen molar-refractivity contribution in [2.24, 2.45) is 4.99 Å². The summed E-state index contributed by atoms with van der Waals surface area (Å²) in [4.78, 5) is 16.3. The third-order valence-electron chi connectivity index (χ3n) is 2.27. The Balaban J connectivity index is 2.78. The maximum atomic E-state index is 11.7. The third kappa shape index (κ3) is 4.68. The molecule has 0 unspecified atom stereocenters. The van der Waals surface area contributed by atoms with E-state index >= 15 is 0 Å². The van der Waals surface area contributed by atoms with Gasteiger partial charge in [0.2, 0.25) is 6.19 Å². The molecule has 0 fully saturated rings. The maximum absolute atomic E-state index is 11.7. The molecule has 1 aromatic rings. The summed E-state index contributed by atoms with van der Waals surface area (Å²) in [6, 6.07) is 7.23. The number of carbonyl (C=O) groups is 1. The van der Waals surface area contributed by atoms with E-state index in [4.69, 9.17) is 14.7 Å². The molecule has 6 heteroatoms. The highest BCUT2D eigenvalue weighted by Crippen LogP contribution is 2.13. The first-order valence-electron chi connectivity index (χ1n) is 5.69. The van der Waals surface area contributed by atoms with Crippen molar-refractivity contribution in [2.75, 3.05) is 13.7 Å². The summed E-state index contributed by atoms with van der Waals surface area (Å²) < 4.78 is 9.93. The van der Waals surface area contributed by atoms with Gasteiger partial charge in [0.1, 0.15) is 12.1 Å². The number of benzene rings is 1. The first kappa shape index (κ1) is 14.5. The Morgan fingerprint density at radius 1 is 1.47 bits per heavy atom. The SMILES string of the molecule is CCOC(=O)N(C=NC#N)Cc1ccc(OC)cc1. The normalized spacial score (nSPS) is 9.95. The van der Waals surface area contributed by atoms with E-state index in [1.54, 1.807) is 32.4 Å². The highest BCUT2D eigenvalue weighted by Gasteiger charge is 2.13. The van der Waals surface area contributed by atoms with Gasteiger partial charge in [0.25, 0.3) is 0 Å². The summed E-state index contributed by atoms with van der Waals surface area (Å²) >= 11 is 0. The maximum Gasteiger partial charge on any atom is 0.415 e. The standard InChI is InChI=1S/C13H15N3O3/c1-3-19-13(17)16(10-15-9-14)8-11-4-6-12(18-2)7-5-11/h4-7,10H,3,8H2,1-2H3. The fourth-order valence-corrected chi connectivity index (χ4v) is 1.38. The Bertz CT molecular complexity index is 477. The van der Waals surface area contributed by atoms with Crippen LogP contribution in [0, 0.1) is 11.5 Å². The number of ether oxygens (including phenoxy) is 2. The number of carbonyl (C=O) groups excluding carboxylic acids is 1. The molecule has 100 valence electrons. The first-order chi connectivity index (χ1) is 9.21. The Labute approximate surface area is 111 Å². The van der Waals surface area contributed by atoms with Crippen molar-refractivity contribution in [1.82, 2.24) is 4.90 Å². The molecular weight excluding hydrogens is 246 g/mol. The number of methoxy groups -OCH3 is 1. The van der Waals surface area contributed by atoms with E-state index in [9.17, 15) is 4.79 Å². The minimum absolute atomic E-state index is 0.262. The largest absolute Gasteiger partial charge is 0.497 e. The number of hydrogen-bond acceptors (Lipinski definition) is 5. The van der Waals surface area contributed by atoms with E-state index in [1.165, 1.54) is 4.90 Å². The molecule has 1 aromatic carbocycles. The molecule has 1 amide bonds. The quantitative estimate of drug-likeness (QED) is 0.462. The minimum Gasteiger partial charge on any atom is -0.497 e. The van der Waals surface area contributed by atoms with Gasteiger partial charge < -0.3 is 9.47 Å². The second kappa shape index (κ2) is 7.71. The Morgan fingerprint density at radius 2 is 2.16 bits per heavy atom. The van der Waals surface area contributed by atoms with Crippen LogP contribution < -0.4 is 4.74 Å². The van der Waals surface area contributed by atoms with Gasteiger partial charge in [0.05, 0.1) is 20.3 Å². The molecule has 6 nitrogen and oxygen atoms in total. The van der Waals surface area contributed by atoms with Gasteiger partial charge in [0, 0.05) is 0 Å². The molecule has 1 rings (SSSR count). The third-order valence-corrected chi connectivity index (χ3v) is 2.27. The summed E-state index contributed by atoms with van der Waals surface area (Å²) in [7, 11) is 1.58. The van der Waals surface area contributed by atoms with Crippen molar-refractivity contribution < 1.29 is 14.3 Å². The molecule has 0 aliphatic rings. The Morgan fingerprint density at radius 3 is 2.68 bits per heavy atom. The van der Waals surface area contributed by atoms with Gasteiger partial charge in [-0.3, -0.25) is 4.90 Å². The van der Waals surface area contributed by atoms with Crippen LogP contribution in [-0.4, -0.2) is 31.0 Å². The number of nitriles is 1. The van der Waals surface area contributed by atoms with E-state index < -0.39 is 6.09 Å². The monoisotopic (exact) mass is 261 g/mol. The molecule has 0 heterocycles. The molecule has 0 N–H and O–H groups in total. The average Bonchev–Trinajstić information content (AvgIpc) is 2.44. The minimum atomic E-state index is -0.544. The predicted octanol–water partition coefficient (Wildman–Crippen LogP) is 2.16. The topological polar surface area (TPSA) is 74.9 Å². The molecule has 0 saturated heterocycles. The molecular formula is C13H15N3O3. The van der Waals surface area contributed by atoms with Crippen LogP contribution in [0.1, 0.15) is 12.5 Å². The highest BCUT2D eigenvalue weighted by molar-refractivity contribution is 5.82. The van der Waals surface area contributed by atoms with Crippen LogP contribution in [0.5, 0.6) is 5.75 Å². The van der Waals surface area contributed by atoms with Crippen molar-refractivity contribution >= 4 is 12.4 Å². The Kier molecular flexibility index (Phi) is 5.89. The van der Waals surface area contributed by atoms with Crippen molar-refractivity contribution in [3.05, 3.63) is 29.8 Å². The molecule has 0 saturated carbocycles. The lowest BCUT2D eigenvalue weighted by atomic mass is 10.2. The van der Waals surface area contributed by atoms with Gasteiger partial charge in [-0.1, -0.05) is 12.1 Å². The number of rotatable bonds is 5. The van der Waals surface area contributed by atoms with E-state index in [-0.39, 0.29) is 13.2 Å². The zero-order valence-corrected chi connectivity index (χ0v) is 10.9. The zero-order chi connectivity index (χ0) is 14.1. The van der Waals surface area contributed by atoms with Crippen LogP contribution in [0.15, 0.2) is 29.3 Å². The van der Waals surface area contributed by atoms with Crippen LogP contribution in [0.2, 0.25) is 0 Å². The molecule has 0 aliphatic heterocycles. The molecule has 0 atom stereocenters. The van der Waals surface area contributed by atoms with Crippen molar-refractivity contribution in [2.45, 2.75) is 13.5 Å². The van der Waals surface area contributed by atoms with Crippen LogP contribution in [0.25, 0.3) is 0 Å². The summed E-state index contributed by atoms with van der Waals surface area (Å²) in [5.41, 5.74) is 0.873. The lowest BCUT2D eigenvalue weighted by Crippen LogP contribution is -2.29. The summed E-state index contributed by atoms with van der Waals surface area (Å²) in [5.74, 6) is 0.733. The van der Waals surface area contributed by atoms with E-state index in [0.717, 1.165) is 17.7 Å². The van der Waals surface area contributed by atoms with Gasteiger partial charge in [-0.25, -0.2) is 4.79 Å². The number of aliphatic imine (C=N–C) groups is 1. The fraction of sp³-hybridized carbons (Fsp3) is 0.308.